The molecule has 0 aromatic heterocycles. The zero-order valence-corrected chi connectivity index (χ0v) is 14.6. The zero-order valence-electron chi connectivity index (χ0n) is 14.6. The van der Waals surface area contributed by atoms with Crippen molar-refractivity contribution < 1.29 is 9.90 Å². The number of likely N-dealkylation sites (tertiary alicyclic amines) is 1. The van der Waals surface area contributed by atoms with E-state index in [1.54, 1.807) is 24.3 Å². The number of phenolic OH excluding ortho intramolecular Hbond substituents is 1. The summed E-state index contributed by atoms with van der Waals surface area (Å²) in [7, 11) is 0. The molecule has 2 amide bonds. The highest BCUT2D eigenvalue weighted by atomic mass is 16.3. The second kappa shape index (κ2) is 8.03. The van der Waals surface area contributed by atoms with Crippen LogP contribution in [0.5, 0.6) is 5.75 Å². The molecule has 2 N–H and O–H groups in total. The minimum absolute atomic E-state index is 0.0836. The molecule has 1 heterocycles. The number of hydrogen-bond acceptors (Lipinski definition) is 3. The van der Waals surface area contributed by atoms with E-state index < -0.39 is 0 Å². The van der Waals surface area contributed by atoms with Crippen LogP contribution in [0.15, 0.2) is 54.6 Å². The molecule has 1 atom stereocenters. The summed E-state index contributed by atoms with van der Waals surface area (Å²) in [6.45, 7) is 5.51. The van der Waals surface area contributed by atoms with Gasteiger partial charge in [-0.3, -0.25) is 4.90 Å². The first-order chi connectivity index (χ1) is 12.2. The smallest absolute Gasteiger partial charge is 0.322 e. The third kappa shape index (κ3) is 4.51. The number of hydrogen-bond donors (Lipinski definition) is 2. The number of anilines is 1. The van der Waals surface area contributed by atoms with Crippen molar-refractivity contribution in [3.05, 3.63) is 60.2 Å². The Hall–Kier alpha value is -2.53. The standard InChI is InChI=1S/C20H25N3O2/c1-2-23(20(25)21-17-8-10-19(24)11-9-17)18-12-13-22(15-18)14-16-6-4-3-5-7-16/h3-11,18,24H,2,12-15H2,1H3,(H,21,25)/t18-/m1/s1. The molecular weight excluding hydrogens is 314 g/mol. The van der Waals surface area contributed by atoms with Gasteiger partial charge in [-0.1, -0.05) is 30.3 Å². The highest BCUT2D eigenvalue weighted by molar-refractivity contribution is 5.89. The third-order valence-corrected chi connectivity index (χ3v) is 4.66. The number of nitrogens with one attached hydrogen (secondary N) is 1. The van der Waals surface area contributed by atoms with Crippen molar-refractivity contribution in [3.8, 4) is 5.75 Å². The molecule has 132 valence electrons. The van der Waals surface area contributed by atoms with Crippen molar-refractivity contribution in [2.45, 2.75) is 25.9 Å². The number of nitrogens with zero attached hydrogens (tertiary/aromatic N) is 2. The number of amides is 2. The van der Waals surface area contributed by atoms with Gasteiger partial charge in [-0.05, 0) is 43.2 Å². The molecule has 1 saturated heterocycles. The predicted octanol–water partition coefficient (Wildman–Crippen LogP) is 3.52. The van der Waals surface area contributed by atoms with Crippen LogP contribution in [0.2, 0.25) is 0 Å². The van der Waals surface area contributed by atoms with E-state index in [0.29, 0.717) is 12.2 Å². The van der Waals surface area contributed by atoms with E-state index in [2.05, 4.69) is 34.5 Å². The van der Waals surface area contributed by atoms with Crippen LogP contribution in [0.3, 0.4) is 0 Å². The lowest BCUT2D eigenvalue weighted by Crippen LogP contribution is -2.44. The fourth-order valence-corrected chi connectivity index (χ4v) is 3.36. The Labute approximate surface area is 148 Å². The summed E-state index contributed by atoms with van der Waals surface area (Å²) in [5.41, 5.74) is 2.00. The van der Waals surface area contributed by atoms with E-state index in [0.717, 1.165) is 26.1 Å². The van der Waals surface area contributed by atoms with Crippen LogP contribution in [0.1, 0.15) is 18.9 Å². The predicted molar refractivity (Wildman–Crippen MR) is 99.6 cm³/mol. The molecule has 3 rings (SSSR count). The first-order valence-electron chi connectivity index (χ1n) is 8.78. The molecule has 5 heteroatoms. The number of rotatable bonds is 5. The maximum Gasteiger partial charge on any atom is 0.322 e. The molecule has 2 aromatic carbocycles. The second-order valence-corrected chi connectivity index (χ2v) is 6.43. The van der Waals surface area contributed by atoms with E-state index >= 15 is 0 Å². The number of likely N-dealkylation sites (N-methyl/N-ethyl adjacent to an activating group) is 1. The van der Waals surface area contributed by atoms with Gasteiger partial charge in [0.05, 0.1) is 0 Å². The number of urea groups is 1. The van der Waals surface area contributed by atoms with Gasteiger partial charge in [-0.2, -0.15) is 0 Å². The topological polar surface area (TPSA) is 55.8 Å². The summed E-state index contributed by atoms with van der Waals surface area (Å²) < 4.78 is 0. The van der Waals surface area contributed by atoms with E-state index in [1.165, 1.54) is 5.56 Å². The summed E-state index contributed by atoms with van der Waals surface area (Å²) >= 11 is 0. The van der Waals surface area contributed by atoms with Crippen LogP contribution in [-0.2, 0) is 6.54 Å². The van der Waals surface area contributed by atoms with Gasteiger partial charge in [0.2, 0.25) is 0 Å². The Bertz CT molecular complexity index is 688. The second-order valence-electron chi connectivity index (χ2n) is 6.43. The molecule has 1 aliphatic heterocycles. The summed E-state index contributed by atoms with van der Waals surface area (Å²) in [6.07, 6.45) is 0.990. The first-order valence-corrected chi connectivity index (χ1v) is 8.78. The Kier molecular flexibility index (Phi) is 5.56. The van der Waals surface area contributed by atoms with Crippen LogP contribution < -0.4 is 5.32 Å². The highest BCUT2D eigenvalue weighted by Gasteiger charge is 2.29. The van der Waals surface area contributed by atoms with Gasteiger partial charge in [0.1, 0.15) is 5.75 Å². The summed E-state index contributed by atoms with van der Waals surface area (Å²) in [5, 5.41) is 12.3. The zero-order chi connectivity index (χ0) is 17.6. The van der Waals surface area contributed by atoms with Crippen molar-refractivity contribution in [3.63, 3.8) is 0 Å². The fourth-order valence-electron chi connectivity index (χ4n) is 3.36. The number of carbonyl (C=O) groups is 1. The van der Waals surface area contributed by atoms with Crippen LogP contribution in [-0.4, -0.2) is 46.6 Å². The van der Waals surface area contributed by atoms with Gasteiger partial charge >= 0.3 is 6.03 Å². The van der Waals surface area contributed by atoms with Crippen molar-refractivity contribution >= 4 is 11.7 Å². The molecule has 0 radical (unpaired) electrons. The van der Waals surface area contributed by atoms with Gasteiger partial charge in [0.15, 0.2) is 0 Å². The molecule has 25 heavy (non-hydrogen) atoms. The Balaban J connectivity index is 1.57. The SMILES string of the molecule is CCN(C(=O)Nc1ccc(O)cc1)[C@@H]1CCN(Cc2ccccc2)C1. The summed E-state index contributed by atoms with van der Waals surface area (Å²) in [4.78, 5) is 16.9. The van der Waals surface area contributed by atoms with Crippen molar-refractivity contribution in [1.82, 2.24) is 9.80 Å². The van der Waals surface area contributed by atoms with Crippen molar-refractivity contribution in [2.24, 2.45) is 0 Å². The Morgan fingerprint density at radius 3 is 2.60 bits per heavy atom. The van der Waals surface area contributed by atoms with Gasteiger partial charge in [0.25, 0.3) is 0 Å². The van der Waals surface area contributed by atoms with Gasteiger partial charge in [-0.15, -0.1) is 0 Å². The molecule has 1 fully saturated rings. The molecule has 0 spiro atoms. The van der Waals surface area contributed by atoms with E-state index in [-0.39, 0.29) is 17.8 Å². The van der Waals surface area contributed by atoms with Gasteiger partial charge in [0, 0.05) is 37.9 Å². The van der Waals surface area contributed by atoms with Crippen LogP contribution in [0, 0.1) is 0 Å². The molecule has 2 aromatic rings. The lowest BCUT2D eigenvalue weighted by Gasteiger charge is -2.28. The molecule has 0 unspecified atom stereocenters. The van der Waals surface area contributed by atoms with Gasteiger partial charge < -0.3 is 15.3 Å². The van der Waals surface area contributed by atoms with E-state index in [4.69, 9.17) is 0 Å². The van der Waals surface area contributed by atoms with Crippen LogP contribution in [0.25, 0.3) is 0 Å². The minimum Gasteiger partial charge on any atom is -0.508 e. The Morgan fingerprint density at radius 1 is 1.20 bits per heavy atom. The Morgan fingerprint density at radius 2 is 1.92 bits per heavy atom. The van der Waals surface area contributed by atoms with E-state index in [1.807, 2.05) is 17.9 Å². The first kappa shape index (κ1) is 17.3. The lowest BCUT2D eigenvalue weighted by atomic mass is 10.2. The average molecular weight is 339 g/mol. The normalized spacial score (nSPS) is 17.4. The molecular formula is C20H25N3O2. The maximum atomic E-state index is 12.6. The van der Waals surface area contributed by atoms with Crippen LogP contribution in [0.4, 0.5) is 10.5 Å². The van der Waals surface area contributed by atoms with Crippen molar-refractivity contribution in [1.29, 1.82) is 0 Å². The maximum absolute atomic E-state index is 12.6. The quantitative estimate of drug-likeness (QED) is 0.820. The monoisotopic (exact) mass is 339 g/mol. The van der Waals surface area contributed by atoms with E-state index in [9.17, 15) is 9.90 Å². The van der Waals surface area contributed by atoms with Gasteiger partial charge in [-0.25, -0.2) is 4.79 Å². The molecule has 0 saturated carbocycles. The largest absolute Gasteiger partial charge is 0.508 e. The summed E-state index contributed by atoms with van der Waals surface area (Å²) in [5.74, 6) is 0.192. The molecule has 5 nitrogen and oxygen atoms in total. The lowest BCUT2D eigenvalue weighted by molar-refractivity contribution is 0.189. The molecule has 0 aliphatic carbocycles. The van der Waals surface area contributed by atoms with Crippen LogP contribution >= 0.6 is 0 Å². The fraction of sp³-hybridized carbons (Fsp3) is 0.350. The number of aromatic hydroxyl groups is 1. The molecule has 1 aliphatic rings. The summed E-state index contributed by atoms with van der Waals surface area (Å²) in [6, 6.07) is 17.1. The third-order valence-electron chi connectivity index (χ3n) is 4.66. The number of benzene rings is 2. The average Bonchev–Trinajstić information content (AvgIpc) is 3.06. The number of phenols is 1. The molecule has 0 bridgehead atoms. The minimum atomic E-state index is -0.0836. The van der Waals surface area contributed by atoms with Crippen molar-refractivity contribution in [2.75, 3.05) is 25.0 Å². The highest BCUT2D eigenvalue weighted by Crippen LogP contribution is 2.20. The number of carbonyl (C=O) groups excluding carboxylic acids is 1.